The summed E-state index contributed by atoms with van der Waals surface area (Å²) in [6, 6.07) is 8.42. The number of H-pyrrole nitrogens is 1. The first-order valence-corrected chi connectivity index (χ1v) is 4.81. The molecule has 0 amide bonds. The number of aromatic nitrogens is 2. The second kappa shape index (κ2) is 3.66. The van der Waals surface area contributed by atoms with Crippen LogP contribution in [0.1, 0.15) is 22.6 Å². The number of rotatable bonds is 2. The highest BCUT2D eigenvalue weighted by Crippen LogP contribution is 2.11. The minimum absolute atomic E-state index is 0.914. The summed E-state index contributed by atoms with van der Waals surface area (Å²) in [6.45, 7) is 4.11. The molecule has 0 saturated carbocycles. The van der Waals surface area contributed by atoms with Crippen LogP contribution in [-0.4, -0.2) is 9.97 Å². The predicted octanol–water partition coefficient (Wildman–Crippen LogP) is 2.62. The molecule has 1 heterocycles. The molecule has 0 saturated heterocycles. The van der Waals surface area contributed by atoms with Gasteiger partial charge in [0, 0.05) is 12.6 Å². The first-order chi connectivity index (χ1) is 6.75. The molecule has 14 heavy (non-hydrogen) atoms. The van der Waals surface area contributed by atoms with Gasteiger partial charge in [0.1, 0.15) is 5.82 Å². The monoisotopic (exact) mass is 186 g/mol. The highest BCUT2D eigenvalue weighted by atomic mass is 14.9. The number of nitrogens with zero attached hydrogens (tertiary/aromatic N) is 1. The van der Waals surface area contributed by atoms with Crippen molar-refractivity contribution in [2.75, 3.05) is 0 Å². The van der Waals surface area contributed by atoms with Gasteiger partial charge in [0.25, 0.3) is 0 Å². The van der Waals surface area contributed by atoms with E-state index in [2.05, 4.69) is 41.2 Å². The number of aromatic amines is 1. The van der Waals surface area contributed by atoms with Crippen molar-refractivity contribution in [2.45, 2.75) is 20.3 Å². The van der Waals surface area contributed by atoms with Crippen LogP contribution in [0.4, 0.5) is 0 Å². The van der Waals surface area contributed by atoms with Gasteiger partial charge in [-0.25, -0.2) is 4.98 Å². The molecule has 0 aliphatic heterocycles. The molecule has 1 aromatic heterocycles. The third-order valence-electron chi connectivity index (χ3n) is 2.39. The van der Waals surface area contributed by atoms with Crippen LogP contribution in [0.3, 0.4) is 0 Å². The molecule has 0 spiro atoms. The van der Waals surface area contributed by atoms with E-state index in [1.165, 1.54) is 11.1 Å². The molecule has 0 bridgehead atoms. The number of aryl methyl sites for hydroxylation is 2. The Kier molecular flexibility index (Phi) is 2.35. The van der Waals surface area contributed by atoms with Gasteiger partial charge in [-0.2, -0.15) is 0 Å². The third-order valence-corrected chi connectivity index (χ3v) is 2.39. The first kappa shape index (κ1) is 9.00. The molecule has 2 rings (SSSR count). The number of imidazole rings is 1. The Morgan fingerprint density at radius 2 is 2.00 bits per heavy atom. The Labute approximate surface area is 84.0 Å². The molecule has 2 heteroatoms. The van der Waals surface area contributed by atoms with Gasteiger partial charge in [-0.1, -0.05) is 24.3 Å². The standard InChI is InChI=1S/C12H14N2/c1-9-5-3-4-6-11(9)7-12-8-13-10(2)14-12/h3-6,8H,7H2,1-2H3,(H,13,14). The average Bonchev–Trinajstić information content (AvgIpc) is 2.56. The van der Waals surface area contributed by atoms with Crippen molar-refractivity contribution in [1.82, 2.24) is 9.97 Å². The van der Waals surface area contributed by atoms with E-state index in [0.29, 0.717) is 0 Å². The highest BCUT2D eigenvalue weighted by Gasteiger charge is 2.01. The SMILES string of the molecule is Cc1nc(Cc2ccccc2C)c[nH]1. The topological polar surface area (TPSA) is 28.7 Å². The van der Waals surface area contributed by atoms with E-state index in [9.17, 15) is 0 Å². The molecule has 1 aromatic carbocycles. The van der Waals surface area contributed by atoms with Crippen molar-refractivity contribution in [3.8, 4) is 0 Å². The lowest BCUT2D eigenvalue weighted by Crippen LogP contribution is -1.91. The largest absolute Gasteiger partial charge is 0.349 e. The third kappa shape index (κ3) is 1.84. The van der Waals surface area contributed by atoms with Crippen molar-refractivity contribution < 1.29 is 0 Å². The van der Waals surface area contributed by atoms with Crippen LogP contribution >= 0.6 is 0 Å². The molecule has 0 fully saturated rings. The second-order valence-corrected chi connectivity index (χ2v) is 3.58. The molecule has 2 aromatic rings. The Morgan fingerprint density at radius 3 is 2.64 bits per heavy atom. The van der Waals surface area contributed by atoms with Gasteiger partial charge in [-0.3, -0.25) is 0 Å². The lowest BCUT2D eigenvalue weighted by atomic mass is 10.0. The van der Waals surface area contributed by atoms with Gasteiger partial charge >= 0.3 is 0 Å². The van der Waals surface area contributed by atoms with Gasteiger partial charge in [0.2, 0.25) is 0 Å². The number of hydrogen-bond acceptors (Lipinski definition) is 1. The van der Waals surface area contributed by atoms with Crippen LogP contribution in [0.25, 0.3) is 0 Å². The maximum absolute atomic E-state index is 4.39. The molecule has 0 atom stereocenters. The molecule has 0 radical (unpaired) electrons. The molecule has 0 aliphatic rings. The van der Waals surface area contributed by atoms with Gasteiger partial charge in [-0.15, -0.1) is 0 Å². The van der Waals surface area contributed by atoms with Crippen LogP contribution in [-0.2, 0) is 6.42 Å². The van der Waals surface area contributed by atoms with Crippen LogP contribution in [0.5, 0.6) is 0 Å². The summed E-state index contributed by atoms with van der Waals surface area (Å²) in [5.74, 6) is 0.980. The minimum Gasteiger partial charge on any atom is -0.349 e. The first-order valence-electron chi connectivity index (χ1n) is 4.81. The summed E-state index contributed by atoms with van der Waals surface area (Å²) in [5.41, 5.74) is 3.78. The van der Waals surface area contributed by atoms with Crippen molar-refractivity contribution in [3.63, 3.8) is 0 Å². The van der Waals surface area contributed by atoms with E-state index in [-0.39, 0.29) is 0 Å². The zero-order valence-corrected chi connectivity index (χ0v) is 8.54. The molecule has 0 unspecified atom stereocenters. The van der Waals surface area contributed by atoms with E-state index >= 15 is 0 Å². The summed E-state index contributed by atoms with van der Waals surface area (Å²) in [6.07, 6.45) is 2.89. The van der Waals surface area contributed by atoms with Crippen LogP contribution in [0.2, 0.25) is 0 Å². The molecule has 0 aliphatic carbocycles. The summed E-state index contributed by atoms with van der Waals surface area (Å²) in [4.78, 5) is 7.49. The van der Waals surface area contributed by atoms with Gasteiger partial charge < -0.3 is 4.98 Å². The van der Waals surface area contributed by atoms with E-state index < -0.39 is 0 Å². The van der Waals surface area contributed by atoms with Crippen molar-refractivity contribution in [3.05, 3.63) is 53.1 Å². The Balaban J connectivity index is 2.23. The van der Waals surface area contributed by atoms with Crippen LogP contribution < -0.4 is 0 Å². The van der Waals surface area contributed by atoms with Gasteiger partial charge in [0.15, 0.2) is 0 Å². The molecule has 2 nitrogen and oxygen atoms in total. The molecule has 1 N–H and O–H groups in total. The number of hydrogen-bond donors (Lipinski definition) is 1. The molecular formula is C12H14N2. The molecule has 72 valence electrons. The fraction of sp³-hybridized carbons (Fsp3) is 0.250. The summed E-state index contributed by atoms with van der Waals surface area (Å²) < 4.78 is 0. The maximum atomic E-state index is 4.39. The quantitative estimate of drug-likeness (QED) is 0.767. The Hall–Kier alpha value is -1.57. The van der Waals surface area contributed by atoms with Crippen molar-refractivity contribution in [2.24, 2.45) is 0 Å². The lowest BCUT2D eigenvalue weighted by molar-refractivity contribution is 1.06. The van der Waals surface area contributed by atoms with Crippen molar-refractivity contribution >= 4 is 0 Å². The lowest BCUT2D eigenvalue weighted by Gasteiger charge is -2.01. The smallest absolute Gasteiger partial charge is 0.103 e. The van der Waals surface area contributed by atoms with Gasteiger partial charge in [-0.05, 0) is 25.0 Å². The zero-order chi connectivity index (χ0) is 9.97. The fourth-order valence-electron chi connectivity index (χ4n) is 1.56. The summed E-state index contributed by atoms with van der Waals surface area (Å²) in [5, 5.41) is 0. The maximum Gasteiger partial charge on any atom is 0.103 e. The number of benzene rings is 1. The number of nitrogens with one attached hydrogen (secondary N) is 1. The van der Waals surface area contributed by atoms with E-state index in [4.69, 9.17) is 0 Å². The summed E-state index contributed by atoms with van der Waals surface area (Å²) >= 11 is 0. The van der Waals surface area contributed by atoms with Crippen molar-refractivity contribution in [1.29, 1.82) is 0 Å². The fourth-order valence-corrected chi connectivity index (χ4v) is 1.56. The molecular weight excluding hydrogens is 172 g/mol. The normalized spacial score (nSPS) is 10.4. The zero-order valence-electron chi connectivity index (χ0n) is 8.54. The van der Waals surface area contributed by atoms with E-state index in [0.717, 1.165) is 17.9 Å². The van der Waals surface area contributed by atoms with E-state index in [1.54, 1.807) is 0 Å². The minimum atomic E-state index is 0.914. The predicted molar refractivity (Wildman–Crippen MR) is 57.3 cm³/mol. The highest BCUT2D eigenvalue weighted by molar-refractivity contribution is 5.29. The summed E-state index contributed by atoms with van der Waals surface area (Å²) in [7, 11) is 0. The average molecular weight is 186 g/mol. The van der Waals surface area contributed by atoms with Crippen LogP contribution in [0.15, 0.2) is 30.5 Å². The van der Waals surface area contributed by atoms with E-state index in [1.807, 2.05) is 13.1 Å². The Morgan fingerprint density at radius 1 is 1.21 bits per heavy atom. The van der Waals surface area contributed by atoms with Crippen LogP contribution in [0, 0.1) is 13.8 Å². The van der Waals surface area contributed by atoms with Gasteiger partial charge in [0.05, 0.1) is 5.69 Å². The Bertz CT molecular complexity index is 429. The second-order valence-electron chi connectivity index (χ2n) is 3.58.